The third-order valence-electron chi connectivity index (χ3n) is 3.71. The second-order valence-corrected chi connectivity index (χ2v) is 5.60. The Morgan fingerprint density at radius 3 is 3.05 bits per heavy atom. The van der Waals surface area contributed by atoms with Crippen LogP contribution in [0, 0.1) is 17.2 Å². The van der Waals surface area contributed by atoms with Gasteiger partial charge in [0.15, 0.2) is 0 Å². The molecule has 1 N–H and O–H groups in total. The normalized spacial score (nSPS) is 18.6. The minimum atomic E-state index is -0.744. The molecule has 0 saturated carbocycles. The maximum atomic E-state index is 10.7. The van der Waals surface area contributed by atoms with Crippen LogP contribution in [0.2, 0.25) is 5.02 Å². The molecule has 1 aliphatic rings. The molecule has 20 heavy (non-hydrogen) atoms. The fourth-order valence-electron chi connectivity index (χ4n) is 2.72. The lowest BCUT2D eigenvalue weighted by Crippen LogP contribution is -2.36. The van der Waals surface area contributed by atoms with Crippen molar-refractivity contribution in [3.05, 3.63) is 28.8 Å². The third-order valence-corrected chi connectivity index (χ3v) is 3.94. The van der Waals surface area contributed by atoms with Crippen molar-refractivity contribution in [2.75, 3.05) is 18.0 Å². The zero-order valence-electron chi connectivity index (χ0n) is 11.2. The van der Waals surface area contributed by atoms with Crippen molar-refractivity contribution in [3.63, 3.8) is 0 Å². The van der Waals surface area contributed by atoms with Crippen molar-refractivity contribution in [1.82, 2.24) is 0 Å². The predicted molar refractivity (Wildman–Crippen MR) is 78.0 cm³/mol. The lowest BCUT2D eigenvalue weighted by molar-refractivity contribution is -0.137. The predicted octanol–water partition coefficient (Wildman–Crippen LogP) is 3.29. The average Bonchev–Trinajstić information content (AvgIpc) is 2.45. The molecular formula is C15H17ClN2O2. The first kappa shape index (κ1) is 14.7. The molecule has 1 unspecified atom stereocenters. The molecule has 5 heteroatoms. The number of carboxylic acids is 1. The van der Waals surface area contributed by atoms with Gasteiger partial charge in [-0.05, 0) is 43.4 Å². The number of halogens is 1. The van der Waals surface area contributed by atoms with Crippen LogP contribution in [0.1, 0.15) is 31.2 Å². The van der Waals surface area contributed by atoms with Crippen LogP contribution in [0.3, 0.4) is 0 Å². The van der Waals surface area contributed by atoms with Crippen LogP contribution in [0.5, 0.6) is 0 Å². The number of hydrogen-bond acceptors (Lipinski definition) is 3. The minimum absolute atomic E-state index is 0.213. The van der Waals surface area contributed by atoms with Gasteiger partial charge in [0.25, 0.3) is 0 Å². The van der Waals surface area contributed by atoms with Crippen molar-refractivity contribution in [2.24, 2.45) is 5.92 Å². The van der Waals surface area contributed by atoms with Gasteiger partial charge in [0.2, 0.25) is 0 Å². The van der Waals surface area contributed by atoms with E-state index in [1.54, 1.807) is 12.1 Å². The Bertz CT molecular complexity index is 539. The minimum Gasteiger partial charge on any atom is -0.481 e. The van der Waals surface area contributed by atoms with Crippen LogP contribution < -0.4 is 4.90 Å². The molecule has 0 aromatic heterocycles. The largest absolute Gasteiger partial charge is 0.481 e. The molecule has 2 rings (SSSR count). The second kappa shape index (κ2) is 6.62. The molecule has 1 saturated heterocycles. The lowest BCUT2D eigenvalue weighted by atomic mass is 9.92. The highest BCUT2D eigenvalue weighted by atomic mass is 35.5. The highest BCUT2D eigenvalue weighted by Gasteiger charge is 2.22. The number of benzene rings is 1. The van der Waals surface area contributed by atoms with Gasteiger partial charge in [-0.2, -0.15) is 5.26 Å². The number of hydrogen-bond donors (Lipinski definition) is 1. The molecule has 4 nitrogen and oxygen atoms in total. The number of nitrogens with zero attached hydrogens (tertiary/aromatic N) is 2. The highest BCUT2D eigenvalue weighted by Crippen LogP contribution is 2.29. The molecule has 0 radical (unpaired) electrons. The van der Waals surface area contributed by atoms with Gasteiger partial charge in [-0.15, -0.1) is 0 Å². The van der Waals surface area contributed by atoms with E-state index in [0.29, 0.717) is 22.9 Å². The van der Waals surface area contributed by atoms with Crippen LogP contribution in [0.4, 0.5) is 5.69 Å². The van der Waals surface area contributed by atoms with E-state index in [0.717, 1.165) is 31.6 Å². The average molecular weight is 293 g/mol. The summed E-state index contributed by atoms with van der Waals surface area (Å²) in [6.45, 7) is 1.71. The van der Waals surface area contributed by atoms with Gasteiger partial charge in [0.1, 0.15) is 6.07 Å². The zero-order valence-corrected chi connectivity index (χ0v) is 11.9. The second-order valence-electron chi connectivity index (χ2n) is 5.16. The van der Waals surface area contributed by atoms with E-state index in [2.05, 4.69) is 11.0 Å². The lowest BCUT2D eigenvalue weighted by Gasteiger charge is -2.34. The quantitative estimate of drug-likeness (QED) is 0.925. The van der Waals surface area contributed by atoms with E-state index in [4.69, 9.17) is 16.7 Å². The van der Waals surface area contributed by atoms with Gasteiger partial charge in [-0.3, -0.25) is 4.79 Å². The van der Waals surface area contributed by atoms with Gasteiger partial charge in [0, 0.05) is 24.5 Å². The smallest absolute Gasteiger partial charge is 0.303 e. The molecule has 0 aliphatic carbocycles. The summed E-state index contributed by atoms with van der Waals surface area (Å²) in [6, 6.07) is 7.52. The van der Waals surface area contributed by atoms with Gasteiger partial charge in [0.05, 0.1) is 11.3 Å². The molecule has 1 aliphatic heterocycles. The Kier molecular flexibility index (Phi) is 4.86. The number of anilines is 1. The van der Waals surface area contributed by atoms with E-state index >= 15 is 0 Å². The van der Waals surface area contributed by atoms with Crippen LogP contribution >= 0.6 is 11.6 Å². The molecule has 1 atom stereocenters. The molecule has 1 aromatic carbocycles. The maximum Gasteiger partial charge on any atom is 0.303 e. The van der Waals surface area contributed by atoms with Crippen LogP contribution in [-0.4, -0.2) is 24.2 Å². The Morgan fingerprint density at radius 2 is 2.35 bits per heavy atom. The summed E-state index contributed by atoms with van der Waals surface area (Å²) in [5.41, 5.74) is 1.48. The fraction of sp³-hybridized carbons (Fsp3) is 0.467. The summed E-state index contributed by atoms with van der Waals surface area (Å²) < 4.78 is 0. The van der Waals surface area contributed by atoms with Gasteiger partial charge >= 0.3 is 5.97 Å². The molecule has 106 valence electrons. The maximum absolute atomic E-state index is 10.7. The zero-order chi connectivity index (χ0) is 14.5. The Morgan fingerprint density at radius 1 is 1.55 bits per heavy atom. The van der Waals surface area contributed by atoms with Crippen molar-refractivity contribution >= 4 is 23.3 Å². The number of carbonyl (C=O) groups is 1. The Balaban J connectivity index is 2.09. The monoisotopic (exact) mass is 292 g/mol. The van der Waals surface area contributed by atoms with E-state index in [1.165, 1.54) is 0 Å². The first-order valence-corrected chi connectivity index (χ1v) is 7.14. The molecule has 0 bridgehead atoms. The van der Waals surface area contributed by atoms with Crippen LogP contribution in [0.15, 0.2) is 18.2 Å². The molecule has 1 heterocycles. The van der Waals surface area contributed by atoms with E-state index in [1.807, 2.05) is 6.07 Å². The summed E-state index contributed by atoms with van der Waals surface area (Å²) in [4.78, 5) is 12.8. The van der Waals surface area contributed by atoms with Crippen molar-refractivity contribution in [1.29, 1.82) is 5.26 Å². The van der Waals surface area contributed by atoms with Crippen LogP contribution in [0.25, 0.3) is 0 Å². The van der Waals surface area contributed by atoms with E-state index < -0.39 is 5.97 Å². The number of piperidine rings is 1. The van der Waals surface area contributed by atoms with Crippen LogP contribution in [-0.2, 0) is 4.79 Å². The summed E-state index contributed by atoms with van der Waals surface area (Å²) in [5.74, 6) is -0.367. The highest BCUT2D eigenvalue weighted by molar-refractivity contribution is 6.30. The van der Waals surface area contributed by atoms with Gasteiger partial charge in [-0.1, -0.05) is 11.6 Å². The summed E-state index contributed by atoms with van der Waals surface area (Å²) in [7, 11) is 0. The molecule has 1 aromatic rings. The number of rotatable bonds is 4. The van der Waals surface area contributed by atoms with E-state index in [9.17, 15) is 10.1 Å². The first-order valence-electron chi connectivity index (χ1n) is 6.76. The number of nitriles is 1. The Labute approximate surface area is 123 Å². The molecular weight excluding hydrogens is 276 g/mol. The number of aliphatic carboxylic acids is 1. The van der Waals surface area contributed by atoms with Gasteiger partial charge < -0.3 is 10.0 Å². The molecule has 1 fully saturated rings. The third kappa shape index (κ3) is 3.64. The fourth-order valence-corrected chi connectivity index (χ4v) is 2.89. The molecule has 0 amide bonds. The SMILES string of the molecule is N#Cc1cc(Cl)ccc1N1CCCC(CCC(=O)O)C1. The Hall–Kier alpha value is -1.73. The summed E-state index contributed by atoms with van der Waals surface area (Å²) in [5, 5.41) is 18.5. The number of carboxylic acid groups (broad SMARTS) is 1. The summed E-state index contributed by atoms with van der Waals surface area (Å²) in [6.07, 6.45) is 2.99. The summed E-state index contributed by atoms with van der Waals surface area (Å²) >= 11 is 5.91. The van der Waals surface area contributed by atoms with Crippen molar-refractivity contribution in [2.45, 2.75) is 25.7 Å². The topological polar surface area (TPSA) is 64.3 Å². The van der Waals surface area contributed by atoms with Gasteiger partial charge in [-0.25, -0.2) is 0 Å². The standard InChI is InChI=1S/C15H17ClN2O2/c16-13-4-5-14(12(8-13)9-17)18-7-1-2-11(10-18)3-6-15(19)20/h4-5,8,11H,1-3,6-7,10H2,(H,19,20). The molecule has 0 spiro atoms. The first-order chi connectivity index (χ1) is 9.60. The van der Waals surface area contributed by atoms with Crippen molar-refractivity contribution < 1.29 is 9.90 Å². The van der Waals surface area contributed by atoms with Crippen molar-refractivity contribution in [3.8, 4) is 6.07 Å². The van der Waals surface area contributed by atoms with E-state index in [-0.39, 0.29) is 6.42 Å².